The number of hydrogen-bond donors (Lipinski definition) is 0. The smallest absolute Gasteiger partial charge is 0.191 e. The molecular weight excluding hydrogens is 382 g/mol. The van der Waals surface area contributed by atoms with Crippen molar-refractivity contribution in [3.05, 3.63) is 84.2 Å². The van der Waals surface area contributed by atoms with E-state index in [2.05, 4.69) is 22.3 Å². The molecule has 0 fully saturated rings. The topological polar surface area (TPSA) is 57.0 Å². The zero-order valence-electron chi connectivity index (χ0n) is 16.1. The molecule has 0 saturated heterocycles. The minimum Gasteiger partial charge on any atom is -0.485 e. The van der Waals surface area contributed by atoms with Crippen LogP contribution >= 0.6 is 11.8 Å². The summed E-state index contributed by atoms with van der Waals surface area (Å²) in [5.74, 6) is 1.97. The Morgan fingerprint density at radius 1 is 0.966 bits per heavy atom. The van der Waals surface area contributed by atoms with Gasteiger partial charge in [-0.25, -0.2) is 0 Å². The molecule has 4 aromatic rings. The predicted octanol–water partition coefficient (Wildman–Crippen LogP) is 5.01. The Kier molecular flexibility index (Phi) is 5.91. The van der Waals surface area contributed by atoms with Crippen molar-refractivity contribution in [1.82, 2.24) is 14.8 Å². The third kappa shape index (κ3) is 4.32. The van der Waals surface area contributed by atoms with Crippen LogP contribution in [-0.2, 0) is 13.2 Å². The quantitative estimate of drug-likeness (QED) is 0.306. The van der Waals surface area contributed by atoms with E-state index in [-0.39, 0.29) is 5.78 Å². The monoisotopic (exact) mass is 403 g/mol. The normalized spacial score (nSPS) is 10.9. The van der Waals surface area contributed by atoms with Crippen LogP contribution in [0.5, 0.6) is 5.75 Å². The summed E-state index contributed by atoms with van der Waals surface area (Å²) in [6.07, 6.45) is 0. The lowest BCUT2D eigenvalue weighted by Gasteiger charge is -2.10. The van der Waals surface area contributed by atoms with Crippen LogP contribution in [0, 0.1) is 0 Å². The lowest BCUT2D eigenvalue weighted by atomic mass is 10.1. The van der Waals surface area contributed by atoms with E-state index in [4.69, 9.17) is 4.74 Å². The van der Waals surface area contributed by atoms with Crippen LogP contribution in [0.15, 0.2) is 78.0 Å². The van der Waals surface area contributed by atoms with Crippen LogP contribution < -0.4 is 4.74 Å². The molecule has 146 valence electrons. The maximum atomic E-state index is 12.4. The van der Waals surface area contributed by atoms with Crippen molar-refractivity contribution < 1.29 is 9.53 Å². The Balaban J connectivity index is 1.45. The summed E-state index contributed by atoms with van der Waals surface area (Å²) in [4.78, 5) is 12.4. The first-order valence-corrected chi connectivity index (χ1v) is 10.5. The fourth-order valence-electron chi connectivity index (χ4n) is 3.15. The van der Waals surface area contributed by atoms with E-state index in [1.54, 1.807) is 0 Å². The van der Waals surface area contributed by atoms with E-state index in [9.17, 15) is 4.79 Å². The van der Waals surface area contributed by atoms with Crippen molar-refractivity contribution in [3.8, 4) is 5.75 Å². The summed E-state index contributed by atoms with van der Waals surface area (Å²) < 4.78 is 8.05. The van der Waals surface area contributed by atoms with Gasteiger partial charge in [0.05, 0.1) is 5.75 Å². The summed E-state index contributed by atoms with van der Waals surface area (Å²) in [5.41, 5.74) is 0.710. The van der Waals surface area contributed by atoms with Crippen LogP contribution in [0.1, 0.15) is 23.1 Å². The van der Waals surface area contributed by atoms with E-state index >= 15 is 0 Å². The number of nitrogens with zero attached hydrogens (tertiary/aromatic N) is 3. The highest BCUT2D eigenvalue weighted by Gasteiger charge is 2.15. The zero-order chi connectivity index (χ0) is 20.1. The molecule has 0 saturated carbocycles. The molecule has 0 aliphatic heterocycles. The Labute approximate surface area is 173 Å². The molecule has 29 heavy (non-hydrogen) atoms. The van der Waals surface area contributed by atoms with Crippen LogP contribution in [0.3, 0.4) is 0 Å². The van der Waals surface area contributed by atoms with E-state index < -0.39 is 0 Å². The number of rotatable bonds is 8. The molecule has 6 heteroatoms. The molecule has 0 radical (unpaired) electrons. The van der Waals surface area contributed by atoms with Gasteiger partial charge < -0.3 is 9.30 Å². The maximum Gasteiger partial charge on any atom is 0.191 e. The molecule has 3 aromatic carbocycles. The lowest BCUT2D eigenvalue weighted by molar-refractivity contribution is 0.102. The van der Waals surface area contributed by atoms with Gasteiger partial charge in [-0.05, 0) is 18.4 Å². The fourth-order valence-corrected chi connectivity index (χ4v) is 4.07. The first-order chi connectivity index (χ1) is 14.3. The van der Waals surface area contributed by atoms with E-state index in [1.165, 1.54) is 11.8 Å². The molecule has 1 heterocycles. The molecule has 5 nitrogen and oxygen atoms in total. The molecule has 0 N–H and O–H groups in total. The minimum atomic E-state index is 0.0785. The number of aromatic nitrogens is 3. The number of hydrogen-bond acceptors (Lipinski definition) is 5. The molecule has 0 unspecified atom stereocenters. The highest BCUT2D eigenvalue weighted by atomic mass is 32.2. The van der Waals surface area contributed by atoms with Gasteiger partial charge in [0.1, 0.15) is 12.4 Å². The van der Waals surface area contributed by atoms with Crippen molar-refractivity contribution in [2.75, 3.05) is 5.75 Å². The number of ether oxygens (including phenoxy) is 1. The second-order valence-electron chi connectivity index (χ2n) is 6.49. The van der Waals surface area contributed by atoms with Gasteiger partial charge in [-0.3, -0.25) is 4.79 Å². The minimum absolute atomic E-state index is 0.0785. The Morgan fingerprint density at radius 2 is 1.72 bits per heavy atom. The number of benzene rings is 3. The zero-order valence-corrected chi connectivity index (χ0v) is 16.9. The highest BCUT2D eigenvalue weighted by molar-refractivity contribution is 7.99. The number of fused-ring (bicyclic) bond motifs is 1. The van der Waals surface area contributed by atoms with E-state index in [0.717, 1.165) is 27.5 Å². The van der Waals surface area contributed by atoms with Crippen molar-refractivity contribution in [2.24, 2.45) is 0 Å². The molecule has 1 aromatic heterocycles. The second-order valence-corrected chi connectivity index (χ2v) is 7.43. The van der Waals surface area contributed by atoms with Gasteiger partial charge in [0.15, 0.2) is 16.8 Å². The Bertz CT molecular complexity index is 1120. The highest BCUT2D eigenvalue weighted by Crippen LogP contribution is 2.26. The van der Waals surface area contributed by atoms with Crippen LogP contribution in [0.2, 0.25) is 0 Å². The van der Waals surface area contributed by atoms with Crippen LogP contribution in [0.4, 0.5) is 0 Å². The SMILES string of the molecule is CCn1c(COc2cccc3ccccc23)nnc1SCC(=O)c1ccccc1. The van der Waals surface area contributed by atoms with Gasteiger partial charge in [-0.15, -0.1) is 10.2 Å². The average Bonchev–Trinajstić information content (AvgIpc) is 3.18. The molecule has 0 aliphatic carbocycles. The molecule has 0 bridgehead atoms. The van der Waals surface area contributed by atoms with E-state index in [1.807, 2.05) is 72.2 Å². The molecule has 0 atom stereocenters. The maximum absolute atomic E-state index is 12.4. The number of carbonyl (C=O) groups excluding carboxylic acids is 1. The van der Waals surface area contributed by atoms with Gasteiger partial charge >= 0.3 is 0 Å². The summed E-state index contributed by atoms with van der Waals surface area (Å²) in [7, 11) is 0. The number of ketones is 1. The average molecular weight is 404 g/mol. The predicted molar refractivity (Wildman–Crippen MR) is 115 cm³/mol. The number of Topliss-reactive ketones (excluding diaryl/α,β-unsaturated/α-hetero) is 1. The molecule has 4 rings (SSSR count). The van der Waals surface area contributed by atoms with Crippen molar-refractivity contribution in [2.45, 2.75) is 25.2 Å². The number of thioether (sulfide) groups is 1. The first-order valence-electron chi connectivity index (χ1n) is 9.50. The second kappa shape index (κ2) is 8.92. The lowest BCUT2D eigenvalue weighted by Crippen LogP contribution is -2.08. The van der Waals surface area contributed by atoms with Crippen LogP contribution in [-0.4, -0.2) is 26.3 Å². The molecular formula is C23H21N3O2S. The largest absolute Gasteiger partial charge is 0.485 e. The summed E-state index contributed by atoms with van der Waals surface area (Å²) in [6.45, 7) is 3.07. The van der Waals surface area contributed by atoms with E-state index in [0.29, 0.717) is 24.5 Å². The standard InChI is InChI=1S/C23H21N3O2S/c1-2-26-22(15-28-21-14-8-12-17-9-6-7-13-19(17)21)24-25-23(26)29-16-20(27)18-10-4-3-5-11-18/h3-14H,2,15-16H2,1H3. The van der Waals surface area contributed by atoms with Gasteiger partial charge in [0.2, 0.25) is 0 Å². The van der Waals surface area contributed by atoms with Gasteiger partial charge in [0.25, 0.3) is 0 Å². The summed E-state index contributed by atoms with van der Waals surface area (Å²) >= 11 is 1.40. The Hall–Kier alpha value is -3.12. The molecule has 0 aliphatic rings. The summed E-state index contributed by atoms with van der Waals surface area (Å²) in [5, 5.41) is 11.5. The van der Waals surface area contributed by atoms with Crippen molar-refractivity contribution in [3.63, 3.8) is 0 Å². The number of carbonyl (C=O) groups is 1. The Morgan fingerprint density at radius 3 is 2.55 bits per heavy atom. The van der Waals surface area contributed by atoms with Gasteiger partial charge in [-0.2, -0.15) is 0 Å². The molecule has 0 spiro atoms. The van der Waals surface area contributed by atoms with Gasteiger partial charge in [0, 0.05) is 17.5 Å². The van der Waals surface area contributed by atoms with Crippen molar-refractivity contribution >= 4 is 28.3 Å². The van der Waals surface area contributed by atoms with Crippen LogP contribution in [0.25, 0.3) is 10.8 Å². The summed E-state index contributed by atoms with van der Waals surface area (Å²) in [6, 6.07) is 23.4. The third-order valence-corrected chi connectivity index (χ3v) is 5.61. The fraction of sp³-hybridized carbons (Fsp3) is 0.174. The first kappa shape index (κ1) is 19.2. The third-order valence-electron chi connectivity index (χ3n) is 4.64. The van der Waals surface area contributed by atoms with Gasteiger partial charge in [-0.1, -0.05) is 78.5 Å². The molecule has 0 amide bonds. The van der Waals surface area contributed by atoms with Crippen molar-refractivity contribution in [1.29, 1.82) is 0 Å².